The molecule has 2 aromatic carbocycles. The summed E-state index contributed by atoms with van der Waals surface area (Å²) in [5, 5.41) is 3.01. The number of ether oxygens (including phenoxy) is 4. The normalized spacial score (nSPS) is 14.7. The number of benzene rings is 2. The minimum absolute atomic E-state index is 0.190. The fraction of sp³-hybridized carbons (Fsp3) is 0.250. The molecule has 2 aliphatic rings. The van der Waals surface area contributed by atoms with Crippen molar-refractivity contribution >= 4 is 12.0 Å². The Morgan fingerprint density at radius 1 is 0.923 bits per heavy atom. The van der Waals surface area contributed by atoms with Gasteiger partial charge in [-0.05, 0) is 55.3 Å². The van der Waals surface area contributed by atoms with Gasteiger partial charge in [0, 0.05) is 6.08 Å². The molecule has 4 rings (SSSR count). The second kappa shape index (κ2) is 6.29. The predicted molar refractivity (Wildman–Crippen MR) is 95.3 cm³/mol. The van der Waals surface area contributed by atoms with Crippen LogP contribution in [-0.2, 0) is 10.3 Å². The van der Waals surface area contributed by atoms with E-state index >= 15 is 0 Å². The minimum atomic E-state index is -0.558. The quantitative estimate of drug-likeness (QED) is 0.855. The van der Waals surface area contributed by atoms with Crippen LogP contribution in [0.15, 0.2) is 42.5 Å². The first-order valence-corrected chi connectivity index (χ1v) is 8.31. The van der Waals surface area contributed by atoms with Crippen LogP contribution in [0.2, 0.25) is 0 Å². The number of rotatable bonds is 4. The van der Waals surface area contributed by atoms with Gasteiger partial charge in [-0.3, -0.25) is 4.79 Å². The lowest BCUT2D eigenvalue weighted by molar-refractivity contribution is -0.118. The van der Waals surface area contributed by atoms with Crippen LogP contribution in [0.3, 0.4) is 0 Å². The highest BCUT2D eigenvalue weighted by Crippen LogP contribution is 2.36. The van der Waals surface area contributed by atoms with Crippen LogP contribution in [0.4, 0.5) is 0 Å². The van der Waals surface area contributed by atoms with Crippen LogP contribution in [-0.4, -0.2) is 19.5 Å². The molecule has 0 saturated carbocycles. The lowest BCUT2D eigenvalue weighted by Crippen LogP contribution is -2.40. The van der Waals surface area contributed by atoms with Crippen molar-refractivity contribution in [2.75, 3.05) is 13.6 Å². The Bertz CT molecular complexity index is 888. The summed E-state index contributed by atoms with van der Waals surface area (Å²) >= 11 is 0. The SMILES string of the molecule is CC(C)(NC(=O)/C=C/c1ccc2c(c1)OCO2)c1ccc2c(c1)OCO2. The van der Waals surface area contributed by atoms with Gasteiger partial charge in [0.25, 0.3) is 0 Å². The van der Waals surface area contributed by atoms with Crippen molar-refractivity contribution in [3.63, 3.8) is 0 Å². The van der Waals surface area contributed by atoms with E-state index in [1.807, 2.05) is 50.2 Å². The predicted octanol–water partition coefficient (Wildman–Crippen LogP) is 3.21. The summed E-state index contributed by atoms with van der Waals surface area (Å²) in [4.78, 5) is 12.4. The van der Waals surface area contributed by atoms with Crippen molar-refractivity contribution < 1.29 is 23.7 Å². The highest BCUT2D eigenvalue weighted by molar-refractivity contribution is 5.92. The van der Waals surface area contributed by atoms with Gasteiger partial charge < -0.3 is 24.3 Å². The molecular formula is C20H19NO5. The number of hydrogen-bond acceptors (Lipinski definition) is 5. The average molecular weight is 353 g/mol. The highest BCUT2D eigenvalue weighted by atomic mass is 16.7. The molecule has 0 atom stereocenters. The average Bonchev–Trinajstić information content (AvgIpc) is 3.27. The summed E-state index contributed by atoms with van der Waals surface area (Å²) in [5.74, 6) is 2.63. The summed E-state index contributed by atoms with van der Waals surface area (Å²) < 4.78 is 21.4. The Morgan fingerprint density at radius 3 is 2.27 bits per heavy atom. The largest absolute Gasteiger partial charge is 0.454 e. The molecule has 0 fully saturated rings. The number of amides is 1. The van der Waals surface area contributed by atoms with E-state index in [2.05, 4.69) is 5.32 Å². The summed E-state index contributed by atoms with van der Waals surface area (Å²) in [7, 11) is 0. The van der Waals surface area contributed by atoms with Crippen molar-refractivity contribution in [2.24, 2.45) is 0 Å². The Kier molecular flexibility index (Phi) is 3.95. The van der Waals surface area contributed by atoms with Crippen LogP contribution >= 0.6 is 0 Å². The van der Waals surface area contributed by atoms with E-state index in [1.54, 1.807) is 6.08 Å². The number of carbonyl (C=O) groups excluding carboxylic acids is 1. The van der Waals surface area contributed by atoms with Crippen LogP contribution < -0.4 is 24.3 Å². The van der Waals surface area contributed by atoms with Gasteiger partial charge in [0.1, 0.15) is 0 Å². The molecule has 2 aromatic rings. The van der Waals surface area contributed by atoms with Gasteiger partial charge >= 0.3 is 0 Å². The van der Waals surface area contributed by atoms with Crippen molar-refractivity contribution in [3.8, 4) is 23.0 Å². The first-order chi connectivity index (χ1) is 12.5. The molecule has 6 nitrogen and oxygen atoms in total. The molecule has 6 heteroatoms. The standard InChI is InChI=1S/C20H19NO5/c1-20(2,14-5-7-16-18(10-14)26-12-24-16)21-19(22)8-4-13-3-6-15-17(9-13)25-11-23-15/h3-10H,11-12H2,1-2H3,(H,21,22)/b8-4+. The second-order valence-corrected chi connectivity index (χ2v) is 6.63. The van der Waals surface area contributed by atoms with Gasteiger partial charge in [-0.15, -0.1) is 0 Å². The first kappa shape index (κ1) is 16.3. The first-order valence-electron chi connectivity index (χ1n) is 8.31. The van der Waals surface area contributed by atoms with E-state index in [9.17, 15) is 4.79 Å². The van der Waals surface area contributed by atoms with E-state index < -0.39 is 5.54 Å². The smallest absolute Gasteiger partial charge is 0.244 e. The highest BCUT2D eigenvalue weighted by Gasteiger charge is 2.25. The summed E-state index contributed by atoms with van der Waals surface area (Å²) in [6.07, 6.45) is 3.25. The second-order valence-electron chi connectivity index (χ2n) is 6.63. The molecular weight excluding hydrogens is 334 g/mol. The molecule has 0 saturated heterocycles. The number of carbonyl (C=O) groups is 1. The number of hydrogen-bond donors (Lipinski definition) is 1. The molecule has 0 unspecified atom stereocenters. The molecule has 1 amide bonds. The van der Waals surface area contributed by atoms with Gasteiger partial charge in [-0.1, -0.05) is 12.1 Å². The van der Waals surface area contributed by atoms with Crippen LogP contribution in [0, 0.1) is 0 Å². The molecule has 1 N–H and O–H groups in total. The molecule has 2 heterocycles. The molecule has 2 aliphatic heterocycles. The van der Waals surface area contributed by atoms with Crippen LogP contribution in [0.1, 0.15) is 25.0 Å². The third-order valence-corrected chi connectivity index (χ3v) is 4.35. The monoisotopic (exact) mass is 353 g/mol. The summed E-state index contributed by atoms with van der Waals surface area (Å²) in [6.45, 7) is 4.34. The molecule has 0 bridgehead atoms. The summed E-state index contributed by atoms with van der Waals surface area (Å²) in [6, 6.07) is 11.2. The maximum Gasteiger partial charge on any atom is 0.244 e. The zero-order chi connectivity index (χ0) is 18.1. The van der Waals surface area contributed by atoms with Gasteiger partial charge in [-0.25, -0.2) is 0 Å². The fourth-order valence-corrected chi connectivity index (χ4v) is 2.90. The van der Waals surface area contributed by atoms with Gasteiger partial charge in [-0.2, -0.15) is 0 Å². The van der Waals surface area contributed by atoms with E-state index in [4.69, 9.17) is 18.9 Å². The van der Waals surface area contributed by atoms with Crippen molar-refractivity contribution in [2.45, 2.75) is 19.4 Å². The molecule has 26 heavy (non-hydrogen) atoms. The Morgan fingerprint density at radius 2 is 1.54 bits per heavy atom. The van der Waals surface area contributed by atoms with Gasteiger partial charge in [0.2, 0.25) is 19.5 Å². The van der Waals surface area contributed by atoms with Crippen molar-refractivity contribution in [3.05, 3.63) is 53.6 Å². The zero-order valence-corrected chi connectivity index (χ0v) is 14.6. The maximum atomic E-state index is 12.4. The molecule has 0 radical (unpaired) electrons. The fourth-order valence-electron chi connectivity index (χ4n) is 2.90. The minimum Gasteiger partial charge on any atom is -0.454 e. The van der Waals surface area contributed by atoms with Gasteiger partial charge in [0.05, 0.1) is 5.54 Å². The van der Waals surface area contributed by atoms with E-state index in [1.165, 1.54) is 6.08 Å². The van der Waals surface area contributed by atoms with E-state index in [0.29, 0.717) is 11.5 Å². The lowest BCUT2D eigenvalue weighted by Gasteiger charge is -2.26. The molecule has 134 valence electrons. The lowest BCUT2D eigenvalue weighted by atomic mass is 9.93. The Balaban J connectivity index is 1.45. The third-order valence-electron chi connectivity index (χ3n) is 4.35. The Labute approximate surface area is 151 Å². The summed E-state index contributed by atoms with van der Waals surface area (Å²) in [5.41, 5.74) is 1.24. The van der Waals surface area contributed by atoms with Crippen molar-refractivity contribution in [1.82, 2.24) is 5.32 Å². The van der Waals surface area contributed by atoms with Crippen molar-refractivity contribution in [1.29, 1.82) is 0 Å². The molecule has 0 aromatic heterocycles. The van der Waals surface area contributed by atoms with E-state index in [0.717, 1.165) is 22.6 Å². The Hall–Kier alpha value is -3.15. The maximum absolute atomic E-state index is 12.4. The topological polar surface area (TPSA) is 66.0 Å². The molecule has 0 spiro atoms. The number of fused-ring (bicyclic) bond motifs is 2. The molecule has 0 aliphatic carbocycles. The number of nitrogens with one attached hydrogen (secondary N) is 1. The van der Waals surface area contributed by atoms with E-state index in [-0.39, 0.29) is 19.5 Å². The van der Waals surface area contributed by atoms with Crippen LogP contribution in [0.25, 0.3) is 6.08 Å². The third kappa shape index (κ3) is 3.18. The zero-order valence-electron chi connectivity index (χ0n) is 14.6. The van der Waals surface area contributed by atoms with Gasteiger partial charge in [0.15, 0.2) is 23.0 Å². The van der Waals surface area contributed by atoms with Crippen LogP contribution in [0.5, 0.6) is 23.0 Å².